The van der Waals surface area contributed by atoms with Gasteiger partial charge >= 0.3 is 0 Å². The normalized spacial score (nSPS) is 17.8. The molecule has 1 fully saturated rings. The number of thiazole rings is 1. The van der Waals surface area contributed by atoms with Crippen LogP contribution in [0.5, 0.6) is 0 Å². The van der Waals surface area contributed by atoms with Crippen LogP contribution >= 0.6 is 11.3 Å². The van der Waals surface area contributed by atoms with Gasteiger partial charge in [-0.1, -0.05) is 30.3 Å². The van der Waals surface area contributed by atoms with E-state index in [1.165, 1.54) is 5.56 Å². The summed E-state index contributed by atoms with van der Waals surface area (Å²) in [4.78, 5) is 19.2. The van der Waals surface area contributed by atoms with Gasteiger partial charge in [0.2, 0.25) is 0 Å². The van der Waals surface area contributed by atoms with Crippen molar-refractivity contribution >= 4 is 27.5 Å². The first-order valence-electron chi connectivity index (χ1n) is 7.92. The lowest BCUT2D eigenvalue weighted by atomic mass is 9.99. The molecule has 0 spiro atoms. The van der Waals surface area contributed by atoms with E-state index in [0.717, 1.165) is 40.3 Å². The van der Waals surface area contributed by atoms with Gasteiger partial charge in [0.25, 0.3) is 5.91 Å². The molecule has 0 radical (unpaired) electrons. The first-order chi connectivity index (χ1) is 11.2. The molecule has 1 aromatic heterocycles. The second kappa shape index (κ2) is 5.78. The number of carbonyl (C=O) groups is 1. The summed E-state index contributed by atoms with van der Waals surface area (Å²) in [5.74, 6) is 0.589. The fourth-order valence-corrected chi connectivity index (χ4v) is 4.16. The quantitative estimate of drug-likeness (QED) is 0.707. The van der Waals surface area contributed by atoms with Crippen LogP contribution in [0.25, 0.3) is 10.2 Å². The van der Waals surface area contributed by atoms with Gasteiger partial charge in [0.15, 0.2) is 0 Å². The predicted molar refractivity (Wildman–Crippen MR) is 94.1 cm³/mol. The molecule has 0 N–H and O–H groups in total. The molecule has 116 valence electrons. The zero-order valence-electron chi connectivity index (χ0n) is 13.0. The van der Waals surface area contributed by atoms with Crippen molar-refractivity contribution < 1.29 is 4.79 Å². The first-order valence-corrected chi connectivity index (χ1v) is 8.74. The number of benzene rings is 2. The standard InChI is InChI=1S/C19H18N2OS/c1-13-20-17-8-7-15(11-18(17)23-13)19(22)21-10-9-16(12-21)14-5-3-2-4-6-14/h2-8,11,16H,9-10,12H2,1H3. The average molecular weight is 322 g/mol. The number of aromatic nitrogens is 1. The van der Waals surface area contributed by atoms with Gasteiger partial charge in [-0.3, -0.25) is 4.79 Å². The maximum absolute atomic E-state index is 12.8. The Balaban J connectivity index is 1.54. The van der Waals surface area contributed by atoms with Crippen LogP contribution in [0.15, 0.2) is 48.5 Å². The van der Waals surface area contributed by atoms with Gasteiger partial charge in [0.1, 0.15) is 0 Å². The zero-order valence-corrected chi connectivity index (χ0v) is 13.8. The Kier molecular flexibility index (Phi) is 3.62. The first kappa shape index (κ1) is 14.4. The smallest absolute Gasteiger partial charge is 0.253 e. The topological polar surface area (TPSA) is 33.2 Å². The van der Waals surface area contributed by atoms with Gasteiger partial charge in [-0.2, -0.15) is 0 Å². The van der Waals surface area contributed by atoms with Gasteiger partial charge in [-0.15, -0.1) is 11.3 Å². The second-order valence-corrected chi connectivity index (χ2v) is 7.30. The molecule has 2 heterocycles. The Morgan fingerprint density at radius 2 is 2.04 bits per heavy atom. The monoisotopic (exact) mass is 322 g/mol. The van der Waals surface area contributed by atoms with Crippen LogP contribution in [0.3, 0.4) is 0 Å². The van der Waals surface area contributed by atoms with Gasteiger partial charge in [0.05, 0.1) is 15.2 Å². The number of hydrogen-bond acceptors (Lipinski definition) is 3. The minimum Gasteiger partial charge on any atom is -0.338 e. The fraction of sp³-hybridized carbons (Fsp3) is 0.263. The van der Waals surface area contributed by atoms with Crippen molar-refractivity contribution in [3.8, 4) is 0 Å². The van der Waals surface area contributed by atoms with Crippen molar-refractivity contribution in [2.24, 2.45) is 0 Å². The highest BCUT2D eigenvalue weighted by molar-refractivity contribution is 7.18. The predicted octanol–water partition coefficient (Wildman–Crippen LogP) is 4.23. The number of hydrogen-bond donors (Lipinski definition) is 0. The molecule has 1 aliphatic rings. The SMILES string of the molecule is Cc1nc2ccc(C(=O)N3CCC(c4ccccc4)C3)cc2s1. The Hall–Kier alpha value is -2.20. The molecular weight excluding hydrogens is 304 g/mol. The van der Waals surface area contributed by atoms with Gasteiger partial charge in [-0.05, 0) is 37.1 Å². The minimum absolute atomic E-state index is 0.136. The summed E-state index contributed by atoms with van der Waals surface area (Å²) >= 11 is 1.64. The van der Waals surface area contributed by atoms with E-state index in [0.29, 0.717) is 5.92 Å². The summed E-state index contributed by atoms with van der Waals surface area (Å²) in [6, 6.07) is 16.3. The van der Waals surface area contributed by atoms with Crippen LogP contribution in [-0.4, -0.2) is 28.9 Å². The molecule has 1 atom stereocenters. The molecule has 1 aliphatic heterocycles. The average Bonchev–Trinajstić information content (AvgIpc) is 3.20. The van der Waals surface area contributed by atoms with Crippen LogP contribution in [0.1, 0.15) is 33.3 Å². The number of rotatable bonds is 2. The van der Waals surface area contributed by atoms with E-state index in [-0.39, 0.29) is 5.91 Å². The molecule has 4 heteroatoms. The highest BCUT2D eigenvalue weighted by Gasteiger charge is 2.28. The Morgan fingerprint density at radius 3 is 2.87 bits per heavy atom. The number of amides is 1. The molecular formula is C19H18N2OS. The summed E-state index contributed by atoms with van der Waals surface area (Å²) in [6.45, 7) is 3.64. The van der Waals surface area contributed by atoms with Crippen molar-refractivity contribution in [3.63, 3.8) is 0 Å². The maximum Gasteiger partial charge on any atom is 0.253 e. The summed E-state index contributed by atoms with van der Waals surface area (Å²) in [5, 5.41) is 1.04. The molecule has 0 bridgehead atoms. The Labute approximate surface area is 139 Å². The highest BCUT2D eigenvalue weighted by Crippen LogP contribution is 2.29. The number of carbonyl (C=O) groups excluding carboxylic acids is 1. The van der Waals surface area contributed by atoms with E-state index in [2.05, 4.69) is 29.2 Å². The van der Waals surface area contributed by atoms with Gasteiger partial charge < -0.3 is 4.90 Å². The lowest BCUT2D eigenvalue weighted by molar-refractivity contribution is 0.0791. The largest absolute Gasteiger partial charge is 0.338 e. The number of aryl methyl sites for hydroxylation is 1. The number of fused-ring (bicyclic) bond motifs is 1. The third-order valence-electron chi connectivity index (χ3n) is 4.49. The van der Waals surface area contributed by atoms with Crippen molar-refractivity contribution in [2.75, 3.05) is 13.1 Å². The fourth-order valence-electron chi connectivity index (χ4n) is 3.30. The van der Waals surface area contributed by atoms with Crippen molar-refractivity contribution in [1.82, 2.24) is 9.88 Å². The molecule has 3 nitrogen and oxygen atoms in total. The third-order valence-corrected chi connectivity index (χ3v) is 5.42. The Bertz CT molecular complexity index is 856. The lowest BCUT2D eigenvalue weighted by Crippen LogP contribution is -2.28. The van der Waals surface area contributed by atoms with Crippen molar-refractivity contribution in [2.45, 2.75) is 19.3 Å². The van der Waals surface area contributed by atoms with Crippen molar-refractivity contribution in [1.29, 1.82) is 0 Å². The van der Waals surface area contributed by atoms with E-state index in [4.69, 9.17) is 0 Å². The van der Waals surface area contributed by atoms with E-state index in [1.54, 1.807) is 11.3 Å². The molecule has 23 heavy (non-hydrogen) atoms. The third kappa shape index (κ3) is 2.75. The highest BCUT2D eigenvalue weighted by atomic mass is 32.1. The van der Waals surface area contributed by atoms with E-state index >= 15 is 0 Å². The van der Waals surface area contributed by atoms with Crippen LogP contribution in [0, 0.1) is 6.92 Å². The summed E-state index contributed by atoms with van der Waals surface area (Å²) in [7, 11) is 0. The minimum atomic E-state index is 0.136. The molecule has 2 aromatic carbocycles. The second-order valence-electron chi connectivity index (χ2n) is 6.06. The number of nitrogens with zero attached hydrogens (tertiary/aromatic N) is 2. The molecule has 1 unspecified atom stereocenters. The number of likely N-dealkylation sites (tertiary alicyclic amines) is 1. The zero-order chi connectivity index (χ0) is 15.8. The van der Waals surface area contributed by atoms with E-state index < -0.39 is 0 Å². The molecule has 1 saturated heterocycles. The van der Waals surface area contributed by atoms with E-state index in [1.807, 2.05) is 36.1 Å². The summed E-state index contributed by atoms with van der Waals surface area (Å²) in [6.07, 6.45) is 1.04. The maximum atomic E-state index is 12.8. The molecule has 0 aliphatic carbocycles. The lowest BCUT2D eigenvalue weighted by Gasteiger charge is -2.17. The van der Waals surface area contributed by atoms with Crippen molar-refractivity contribution in [3.05, 3.63) is 64.7 Å². The summed E-state index contributed by atoms with van der Waals surface area (Å²) in [5.41, 5.74) is 3.08. The van der Waals surface area contributed by atoms with E-state index in [9.17, 15) is 4.79 Å². The summed E-state index contributed by atoms with van der Waals surface area (Å²) < 4.78 is 1.09. The van der Waals surface area contributed by atoms with Gasteiger partial charge in [0, 0.05) is 24.6 Å². The van der Waals surface area contributed by atoms with Crippen LogP contribution in [0.2, 0.25) is 0 Å². The molecule has 4 rings (SSSR count). The van der Waals surface area contributed by atoms with Crippen LogP contribution in [0.4, 0.5) is 0 Å². The molecule has 3 aromatic rings. The van der Waals surface area contributed by atoms with Crippen LogP contribution < -0.4 is 0 Å². The molecule has 0 saturated carbocycles. The van der Waals surface area contributed by atoms with Gasteiger partial charge in [-0.25, -0.2) is 4.98 Å². The van der Waals surface area contributed by atoms with Crippen LogP contribution in [-0.2, 0) is 0 Å². The molecule has 1 amide bonds. The Morgan fingerprint density at radius 1 is 1.22 bits per heavy atom.